The van der Waals surface area contributed by atoms with Crippen LogP contribution in [0.1, 0.15) is 18.9 Å². The second kappa shape index (κ2) is 7.88. The number of aromatic nitrogens is 2. The van der Waals surface area contributed by atoms with Gasteiger partial charge in [-0.3, -0.25) is 4.79 Å². The molecule has 1 aromatic heterocycles. The lowest BCUT2D eigenvalue weighted by molar-refractivity contribution is -0.119. The monoisotopic (exact) mass is 303 g/mol. The molecule has 0 aliphatic rings. The van der Waals surface area contributed by atoms with Crippen molar-refractivity contribution in [1.29, 1.82) is 0 Å². The molecule has 0 bridgehead atoms. The van der Waals surface area contributed by atoms with Crippen LogP contribution in [0.15, 0.2) is 47.9 Å². The maximum atomic E-state index is 11.9. The number of nitrogens with zero attached hydrogens (tertiary/aromatic N) is 2. The van der Waals surface area contributed by atoms with Crippen LogP contribution in [0.3, 0.4) is 0 Å². The lowest BCUT2D eigenvalue weighted by Crippen LogP contribution is -2.34. The number of aryl methyl sites for hydroxylation is 2. The van der Waals surface area contributed by atoms with Gasteiger partial charge in [-0.15, -0.1) is 0 Å². The lowest BCUT2D eigenvalue weighted by Gasteiger charge is -2.13. The van der Waals surface area contributed by atoms with Gasteiger partial charge in [0.1, 0.15) is 0 Å². The van der Waals surface area contributed by atoms with Gasteiger partial charge in [0.25, 0.3) is 0 Å². The van der Waals surface area contributed by atoms with Gasteiger partial charge in [-0.2, -0.15) is 0 Å². The highest BCUT2D eigenvalue weighted by atomic mass is 32.2. The van der Waals surface area contributed by atoms with Crippen molar-refractivity contribution in [2.75, 3.05) is 5.75 Å². The zero-order chi connectivity index (χ0) is 15.1. The Bertz CT molecular complexity index is 568. The lowest BCUT2D eigenvalue weighted by atomic mass is 10.1. The summed E-state index contributed by atoms with van der Waals surface area (Å²) in [5, 5.41) is 3.90. The number of amides is 1. The Morgan fingerprint density at radius 3 is 2.81 bits per heavy atom. The largest absolute Gasteiger partial charge is 0.353 e. The molecule has 0 spiro atoms. The first-order chi connectivity index (χ1) is 10.1. The number of rotatable bonds is 7. The molecular weight excluding hydrogens is 282 g/mol. The molecule has 5 heteroatoms. The smallest absolute Gasteiger partial charge is 0.230 e. The summed E-state index contributed by atoms with van der Waals surface area (Å²) in [6, 6.07) is 10.5. The first-order valence-electron chi connectivity index (χ1n) is 7.08. The number of carbonyl (C=O) groups excluding carboxylic acids is 1. The van der Waals surface area contributed by atoms with Crippen molar-refractivity contribution in [3.63, 3.8) is 0 Å². The molecule has 0 aliphatic carbocycles. The zero-order valence-corrected chi connectivity index (χ0v) is 13.3. The predicted molar refractivity (Wildman–Crippen MR) is 86.3 cm³/mol. The maximum Gasteiger partial charge on any atom is 0.230 e. The van der Waals surface area contributed by atoms with Crippen LogP contribution >= 0.6 is 11.8 Å². The molecule has 0 aliphatic heterocycles. The molecule has 1 aromatic carbocycles. The van der Waals surface area contributed by atoms with Gasteiger partial charge in [0.15, 0.2) is 5.16 Å². The highest BCUT2D eigenvalue weighted by Crippen LogP contribution is 2.13. The van der Waals surface area contributed by atoms with Gasteiger partial charge in [-0.1, -0.05) is 42.1 Å². The van der Waals surface area contributed by atoms with Crippen LogP contribution < -0.4 is 5.32 Å². The summed E-state index contributed by atoms with van der Waals surface area (Å²) >= 11 is 1.46. The summed E-state index contributed by atoms with van der Waals surface area (Å²) in [5.74, 6) is 0.462. The summed E-state index contributed by atoms with van der Waals surface area (Å²) in [6.45, 7) is 2.05. The minimum absolute atomic E-state index is 0.0589. The summed E-state index contributed by atoms with van der Waals surface area (Å²) in [4.78, 5) is 16.1. The summed E-state index contributed by atoms with van der Waals surface area (Å²) in [6.07, 6.45) is 5.54. The topological polar surface area (TPSA) is 46.9 Å². The van der Waals surface area contributed by atoms with Crippen molar-refractivity contribution < 1.29 is 4.79 Å². The first kappa shape index (κ1) is 15.6. The molecule has 1 atom stereocenters. The highest BCUT2D eigenvalue weighted by Gasteiger charge is 2.09. The molecule has 0 fully saturated rings. The maximum absolute atomic E-state index is 11.9. The van der Waals surface area contributed by atoms with Crippen molar-refractivity contribution in [2.24, 2.45) is 7.05 Å². The third-order valence-corrected chi connectivity index (χ3v) is 4.28. The van der Waals surface area contributed by atoms with E-state index in [0.29, 0.717) is 5.75 Å². The molecule has 2 aromatic rings. The minimum Gasteiger partial charge on any atom is -0.353 e. The van der Waals surface area contributed by atoms with Crippen LogP contribution in [0.4, 0.5) is 0 Å². The SMILES string of the molecule is CC(CCc1ccccc1)NC(=O)CSc1nccn1C. The van der Waals surface area contributed by atoms with E-state index in [1.54, 1.807) is 6.20 Å². The molecule has 0 saturated heterocycles. The zero-order valence-electron chi connectivity index (χ0n) is 12.5. The van der Waals surface area contributed by atoms with Gasteiger partial charge >= 0.3 is 0 Å². The predicted octanol–water partition coefficient (Wildman–Crippen LogP) is 2.65. The van der Waals surface area contributed by atoms with E-state index in [1.807, 2.05) is 42.9 Å². The van der Waals surface area contributed by atoms with Gasteiger partial charge in [-0.05, 0) is 25.3 Å². The molecule has 0 saturated carbocycles. The third kappa shape index (κ3) is 5.27. The van der Waals surface area contributed by atoms with Gasteiger partial charge < -0.3 is 9.88 Å². The molecule has 21 heavy (non-hydrogen) atoms. The Kier molecular flexibility index (Phi) is 5.87. The average molecular weight is 303 g/mol. The number of benzene rings is 1. The second-order valence-electron chi connectivity index (χ2n) is 5.10. The molecule has 1 N–H and O–H groups in total. The summed E-state index contributed by atoms with van der Waals surface area (Å²) in [5.41, 5.74) is 1.31. The van der Waals surface area contributed by atoms with Crippen LogP contribution in [0.2, 0.25) is 0 Å². The highest BCUT2D eigenvalue weighted by molar-refractivity contribution is 7.99. The van der Waals surface area contributed by atoms with Gasteiger partial charge in [-0.25, -0.2) is 4.98 Å². The van der Waals surface area contributed by atoms with Crippen LogP contribution in [-0.4, -0.2) is 27.3 Å². The van der Waals surface area contributed by atoms with Crippen LogP contribution in [0, 0.1) is 0 Å². The first-order valence-corrected chi connectivity index (χ1v) is 8.07. The quantitative estimate of drug-likeness (QED) is 0.800. The average Bonchev–Trinajstić information content (AvgIpc) is 2.89. The van der Waals surface area contributed by atoms with E-state index in [-0.39, 0.29) is 11.9 Å². The fourth-order valence-electron chi connectivity index (χ4n) is 2.04. The standard InChI is InChI=1S/C16H21N3OS/c1-13(8-9-14-6-4-3-5-7-14)18-15(20)12-21-16-17-10-11-19(16)2/h3-7,10-11,13H,8-9,12H2,1-2H3,(H,18,20). The number of carbonyl (C=O) groups is 1. The third-order valence-electron chi connectivity index (χ3n) is 3.23. The normalized spacial score (nSPS) is 12.1. The van der Waals surface area contributed by atoms with E-state index < -0.39 is 0 Å². The Hall–Kier alpha value is -1.75. The van der Waals surface area contributed by atoms with Crippen LogP contribution in [0.25, 0.3) is 0 Å². The summed E-state index contributed by atoms with van der Waals surface area (Å²) < 4.78 is 1.91. The fraction of sp³-hybridized carbons (Fsp3) is 0.375. The van der Waals surface area contributed by atoms with Gasteiger partial charge in [0.2, 0.25) is 5.91 Å². The number of hydrogen-bond donors (Lipinski definition) is 1. The van der Waals surface area contributed by atoms with Crippen molar-refractivity contribution in [2.45, 2.75) is 31.0 Å². The van der Waals surface area contributed by atoms with Gasteiger partial charge in [0, 0.05) is 25.5 Å². The number of hydrogen-bond acceptors (Lipinski definition) is 3. The summed E-state index contributed by atoms with van der Waals surface area (Å²) in [7, 11) is 1.93. The number of imidazole rings is 1. The fourth-order valence-corrected chi connectivity index (χ4v) is 2.78. The van der Waals surface area contributed by atoms with E-state index in [1.165, 1.54) is 17.3 Å². The van der Waals surface area contributed by atoms with Crippen molar-refractivity contribution in [3.05, 3.63) is 48.3 Å². The van der Waals surface area contributed by atoms with E-state index in [0.717, 1.165) is 18.0 Å². The van der Waals surface area contributed by atoms with E-state index in [4.69, 9.17) is 0 Å². The van der Waals surface area contributed by atoms with E-state index in [2.05, 4.69) is 22.4 Å². The van der Waals surface area contributed by atoms with Crippen molar-refractivity contribution in [3.8, 4) is 0 Å². The van der Waals surface area contributed by atoms with E-state index >= 15 is 0 Å². The van der Waals surface area contributed by atoms with E-state index in [9.17, 15) is 4.79 Å². The molecule has 1 unspecified atom stereocenters. The number of nitrogens with one attached hydrogen (secondary N) is 1. The van der Waals surface area contributed by atoms with Crippen LogP contribution in [-0.2, 0) is 18.3 Å². The Morgan fingerprint density at radius 1 is 1.38 bits per heavy atom. The molecule has 112 valence electrons. The van der Waals surface area contributed by atoms with Crippen LogP contribution in [0.5, 0.6) is 0 Å². The molecule has 0 radical (unpaired) electrons. The molecule has 1 amide bonds. The Balaban J connectivity index is 1.68. The van der Waals surface area contributed by atoms with Crippen molar-refractivity contribution in [1.82, 2.24) is 14.9 Å². The molecule has 4 nitrogen and oxygen atoms in total. The molecular formula is C16H21N3OS. The van der Waals surface area contributed by atoms with Gasteiger partial charge in [0.05, 0.1) is 5.75 Å². The number of thioether (sulfide) groups is 1. The Morgan fingerprint density at radius 2 is 2.14 bits per heavy atom. The minimum atomic E-state index is 0.0589. The second-order valence-corrected chi connectivity index (χ2v) is 6.04. The Labute approximate surface area is 130 Å². The molecule has 2 rings (SSSR count). The van der Waals surface area contributed by atoms with Crippen molar-refractivity contribution >= 4 is 17.7 Å². The molecule has 1 heterocycles.